The van der Waals surface area contributed by atoms with Crippen LogP contribution in [-0.4, -0.2) is 18.2 Å². The molecule has 2 N–H and O–H groups in total. The van der Waals surface area contributed by atoms with Gasteiger partial charge in [-0.15, -0.1) is 11.3 Å². The Kier molecular flexibility index (Phi) is 5.85. The lowest BCUT2D eigenvalue weighted by Crippen LogP contribution is -2.21. The van der Waals surface area contributed by atoms with Crippen LogP contribution in [-0.2, 0) is 17.6 Å². The SMILES string of the molecule is COC(=O)c1c(NC(=S)Nc2cccc(Cl)c2C)sc2c1CCC(C)C2. The van der Waals surface area contributed by atoms with Crippen molar-refractivity contribution in [1.29, 1.82) is 0 Å². The minimum Gasteiger partial charge on any atom is -0.465 e. The van der Waals surface area contributed by atoms with Gasteiger partial charge in [0.25, 0.3) is 0 Å². The summed E-state index contributed by atoms with van der Waals surface area (Å²) in [5.74, 6) is 0.306. The van der Waals surface area contributed by atoms with Crippen LogP contribution in [0.5, 0.6) is 0 Å². The van der Waals surface area contributed by atoms with Gasteiger partial charge in [-0.25, -0.2) is 4.79 Å². The van der Waals surface area contributed by atoms with Crippen molar-refractivity contribution in [2.75, 3.05) is 17.7 Å². The molecule has 1 aromatic heterocycles. The normalized spacial score (nSPS) is 15.9. The number of carbonyl (C=O) groups excluding carboxylic acids is 1. The van der Waals surface area contributed by atoms with Gasteiger partial charge in [0.1, 0.15) is 5.00 Å². The molecule has 3 rings (SSSR count). The van der Waals surface area contributed by atoms with Crippen molar-refractivity contribution < 1.29 is 9.53 Å². The standard InChI is InChI=1S/C19H21ClN2O2S2/c1-10-7-8-12-15(9-10)26-17(16(12)18(23)24-3)22-19(25)21-14-6-4-5-13(20)11(14)2/h4-6,10H,7-9H2,1-3H3,(H2,21,22,25). The molecule has 4 nitrogen and oxygen atoms in total. The Hall–Kier alpha value is -1.63. The summed E-state index contributed by atoms with van der Waals surface area (Å²) in [4.78, 5) is 13.6. The third-order valence-corrected chi connectivity index (χ3v) is 6.43. The molecule has 0 amide bonds. The summed E-state index contributed by atoms with van der Waals surface area (Å²) in [6.07, 6.45) is 2.96. The van der Waals surface area contributed by atoms with E-state index in [2.05, 4.69) is 17.6 Å². The highest BCUT2D eigenvalue weighted by molar-refractivity contribution is 7.80. The molecule has 2 aromatic rings. The minimum absolute atomic E-state index is 0.318. The van der Waals surface area contributed by atoms with Crippen LogP contribution in [0, 0.1) is 12.8 Å². The lowest BCUT2D eigenvalue weighted by atomic mass is 9.88. The fourth-order valence-corrected chi connectivity index (χ4v) is 5.01. The van der Waals surface area contributed by atoms with E-state index in [0.717, 1.165) is 41.1 Å². The number of hydrogen-bond donors (Lipinski definition) is 2. The van der Waals surface area contributed by atoms with E-state index in [-0.39, 0.29) is 5.97 Å². The lowest BCUT2D eigenvalue weighted by Gasteiger charge is -2.18. The molecule has 1 atom stereocenters. The van der Waals surface area contributed by atoms with Crippen molar-refractivity contribution in [2.24, 2.45) is 5.92 Å². The van der Waals surface area contributed by atoms with Crippen LogP contribution in [0.1, 0.15) is 39.7 Å². The van der Waals surface area contributed by atoms with Gasteiger partial charge in [0.05, 0.1) is 12.7 Å². The third-order valence-electron chi connectivity index (χ3n) is 4.64. The fraction of sp³-hybridized carbons (Fsp3) is 0.368. The van der Waals surface area contributed by atoms with E-state index in [1.807, 2.05) is 25.1 Å². The number of thiocarbonyl (C=S) groups is 1. The molecule has 0 spiro atoms. The van der Waals surface area contributed by atoms with Crippen molar-refractivity contribution in [3.05, 3.63) is 44.8 Å². The number of rotatable bonds is 3. The Morgan fingerprint density at radius 2 is 2.15 bits per heavy atom. The molecule has 1 aromatic carbocycles. The number of carbonyl (C=O) groups is 1. The van der Waals surface area contributed by atoms with Crippen LogP contribution >= 0.6 is 35.2 Å². The van der Waals surface area contributed by atoms with E-state index in [9.17, 15) is 4.79 Å². The molecule has 0 aliphatic heterocycles. The van der Waals surface area contributed by atoms with E-state index in [1.165, 1.54) is 12.0 Å². The van der Waals surface area contributed by atoms with Gasteiger partial charge < -0.3 is 15.4 Å². The Morgan fingerprint density at radius 3 is 2.88 bits per heavy atom. The number of anilines is 2. The van der Waals surface area contributed by atoms with Crippen LogP contribution < -0.4 is 10.6 Å². The molecule has 0 saturated heterocycles. The first kappa shape index (κ1) is 19.1. The van der Waals surface area contributed by atoms with Crippen LogP contribution in [0.4, 0.5) is 10.7 Å². The van der Waals surface area contributed by atoms with Gasteiger partial charge in [-0.3, -0.25) is 0 Å². The Labute approximate surface area is 167 Å². The van der Waals surface area contributed by atoms with Crippen molar-refractivity contribution in [1.82, 2.24) is 0 Å². The number of ether oxygens (including phenoxy) is 1. The summed E-state index contributed by atoms with van der Waals surface area (Å²) in [5, 5.41) is 8.19. The summed E-state index contributed by atoms with van der Waals surface area (Å²) < 4.78 is 5.01. The van der Waals surface area contributed by atoms with E-state index >= 15 is 0 Å². The largest absolute Gasteiger partial charge is 0.465 e. The number of benzene rings is 1. The molecule has 1 unspecified atom stereocenters. The van der Waals surface area contributed by atoms with Crippen molar-refractivity contribution in [2.45, 2.75) is 33.1 Å². The number of nitrogens with one attached hydrogen (secondary N) is 2. The molecule has 0 bridgehead atoms. The maximum atomic E-state index is 12.4. The van der Waals surface area contributed by atoms with Crippen LogP contribution in [0.25, 0.3) is 0 Å². The van der Waals surface area contributed by atoms with Gasteiger partial charge >= 0.3 is 5.97 Å². The second-order valence-corrected chi connectivity index (χ2v) is 8.46. The quantitative estimate of drug-likeness (QED) is 0.523. The zero-order valence-electron chi connectivity index (χ0n) is 14.9. The van der Waals surface area contributed by atoms with Crippen molar-refractivity contribution in [3.8, 4) is 0 Å². The topological polar surface area (TPSA) is 50.4 Å². The average molecular weight is 409 g/mol. The van der Waals surface area contributed by atoms with E-state index in [1.54, 1.807) is 11.3 Å². The van der Waals surface area contributed by atoms with Gasteiger partial charge in [-0.1, -0.05) is 24.6 Å². The molecule has 1 heterocycles. The van der Waals surface area contributed by atoms with Crippen LogP contribution in [0.2, 0.25) is 5.02 Å². The second kappa shape index (κ2) is 7.94. The Balaban J connectivity index is 1.86. The maximum absolute atomic E-state index is 12.4. The summed E-state index contributed by atoms with van der Waals surface area (Å²) >= 11 is 13.2. The molecule has 0 radical (unpaired) electrons. The van der Waals surface area contributed by atoms with Crippen molar-refractivity contribution >= 4 is 56.9 Å². The van der Waals surface area contributed by atoms with Gasteiger partial charge in [0.15, 0.2) is 5.11 Å². The van der Waals surface area contributed by atoms with E-state index in [4.69, 9.17) is 28.6 Å². The minimum atomic E-state index is -0.318. The summed E-state index contributed by atoms with van der Waals surface area (Å²) in [6, 6.07) is 5.62. The Bertz CT molecular complexity index is 863. The highest BCUT2D eigenvalue weighted by Crippen LogP contribution is 2.40. The average Bonchev–Trinajstić information content (AvgIpc) is 2.94. The number of methoxy groups -OCH3 is 1. The molecule has 0 saturated carbocycles. The summed E-state index contributed by atoms with van der Waals surface area (Å²) in [5.41, 5.74) is 3.48. The highest BCUT2D eigenvalue weighted by Gasteiger charge is 2.28. The van der Waals surface area contributed by atoms with Gasteiger partial charge in [0, 0.05) is 15.6 Å². The van der Waals surface area contributed by atoms with Gasteiger partial charge in [0.2, 0.25) is 0 Å². The molecular weight excluding hydrogens is 388 g/mol. The predicted molar refractivity (Wildman–Crippen MR) is 113 cm³/mol. The third kappa shape index (κ3) is 3.87. The number of esters is 1. The number of hydrogen-bond acceptors (Lipinski definition) is 4. The Morgan fingerprint density at radius 1 is 1.38 bits per heavy atom. The molecular formula is C19H21ClN2O2S2. The molecule has 7 heteroatoms. The first-order valence-electron chi connectivity index (χ1n) is 8.46. The molecule has 1 aliphatic carbocycles. The van der Waals surface area contributed by atoms with Crippen LogP contribution in [0.3, 0.4) is 0 Å². The first-order valence-corrected chi connectivity index (χ1v) is 10.1. The highest BCUT2D eigenvalue weighted by atomic mass is 35.5. The molecule has 0 fully saturated rings. The molecule has 26 heavy (non-hydrogen) atoms. The predicted octanol–water partition coefficient (Wildman–Crippen LogP) is 5.43. The van der Waals surface area contributed by atoms with Crippen molar-refractivity contribution in [3.63, 3.8) is 0 Å². The summed E-state index contributed by atoms with van der Waals surface area (Å²) in [6.45, 7) is 4.17. The maximum Gasteiger partial charge on any atom is 0.341 e. The van der Waals surface area contributed by atoms with Gasteiger partial charge in [-0.2, -0.15) is 0 Å². The first-order chi connectivity index (χ1) is 12.4. The van der Waals surface area contributed by atoms with Crippen LogP contribution in [0.15, 0.2) is 18.2 Å². The van der Waals surface area contributed by atoms with Gasteiger partial charge in [-0.05, 0) is 67.6 Å². The number of fused-ring (bicyclic) bond motifs is 1. The lowest BCUT2D eigenvalue weighted by molar-refractivity contribution is 0.0601. The van der Waals surface area contributed by atoms with E-state index < -0.39 is 0 Å². The number of thiophene rings is 1. The molecule has 138 valence electrons. The smallest absolute Gasteiger partial charge is 0.341 e. The zero-order chi connectivity index (χ0) is 18.8. The monoisotopic (exact) mass is 408 g/mol. The second-order valence-electron chi connectivity index (χ2n) is 6.54. The van der Waals surface area contributed by atoms with E-state index in [0.29, 0.717) is 21.6 Å². The number of halogens is 1. The summed E-state index contributed by atoms with van der Waals surface area (Å²) in [7, 11) is 1.41. The zero-order valence-corrected chi connectivity index (χ0v) is 17.3. The molecule has 1 aliphatic rings. The fourth-order valence-electron chi connectivity index (χ4n) is 3.16.